The van der Waals surface area contributed by atoms with E-state index in [4.69, 9.17) is 0 Å². The van der Waals surface area contributed by atoms with Gasteiger partial charge in [-0.05, 0) is 59.3 Å². The van der Waals surface area contributed by atoms with Crippen molar-refractivity contribution in [3.63, 3.8) is 0 Å². The van der Waals surface area contributed by atoms with E-state index in [1.165, 1.54) is 13.0 Å². The van der Waals surface area contributed by atoms with Gasteiger partial charge >= 0.3 is 6.18 Å². The molecule has 0 fully saturated rings. The van der Waals surface area contributed by atoms with Crippen LogP contribution in [-0.2, 0) is 16.2 Å². The van der Waals surface area contributed by atoms with Crippen molar-refractivity contribution in [1.82, 2.24) is 4.98 Å². The molecule has 2 aromatic heterocycles. The van der Waals surface area contributed by atoms with Crippen LogP contribution in [0.2, 0.25) is 0 Å². The van der Waals surface area contributed by atoms with Crippen LogP contribution in [0.5, 0.6) is 0 Å². The van der Waals surface area contributed by atoms with Crippen LogP contribution in [0.4, 0.5) is 32.0 Å². The molecular formula is C21H12F6N2O2S2. The number of hydrogen-bond acceptors (Lipinski definition) is 4. The molecule has 0 atom stereocenters. The molecule has 1 N–H and O–H groups in total. The molecule has 12 heteroatoms. The minimum Gasteiger partial charge on any atom is -0.278 e. The van der Waals surface area contributed by atoms with Gasteiger partial charge in [-0.3, -0.25) is 4.72 Å². The van der Waals surface area contributed by atoms with Gasteiger partial charge in [0.25, 0.3) is 10.0 Å². The average Bonchev–Trinajstić information content (AvgIpc) is 3.03. The summed E-state index contributed by atoms with van der Waals surface area (Å²) in [4.78, 5) is 2.89. The number of benzene rings is 2. The van der Waals surface area contributed by atoms with Crippen molar-refractivity contribution in [3.05, 3.63) is 77.4 Å². The van der Waals surface area contributed by atoms with Crippen molar-refractivity contribution < 1.29 is 34.8 Å². The number of rotatable bonds is 4. The van der Waals surface area contributed by atoms with Crippen LogP contribution in [-0.4, -0.2) is 13.4 Å². The molecule has 0 radical (unpaired) electrons. The zero-order valence-electron chi connectivity index (χ0n) is 16.5. The average molecular weight is 502 g/mol. The highest BCUT2D eigenvalue weighted by Crippen LogP contribution is 2.40. The van der Waals surface area contributed by atoms with Gasteiger partial charge in [0.15, 0.2) is 0 Å². The lowest BCUT2D eigenvalue weighted by atomic mass is 10.0. The Morgan fingerprint density at radius 1 is 0.909 bits per heavy atom. The van der Waals surface area contributed by atoms with Gasteiger partial charge in [-0.15, -0.1) is 11.3 Å². The van der Waals surface area contributed by atoms with E-state index in [0.29, 0.717) is 16.2 Å². The molecule has 0 saturated heterocycles. The lowest BCUT2D eigenvalue weighted by Gasteiger charge is -2.16. The molecule has 0 aliphatic heterocycles. The first-order valence-electron chi connectivity index (χ1n) is 9.11. The second kappa shape index (κ2) is 8.03. The number of nitrogens with zero attached hydrogens (tertiary/aromatic N) is 1. The van der Waals surface area contributed by atoms with Crippen molar-refractivity contribution in [2.45, 2.75) is 17.3 Å². The van der Waals surface area contributed by atoms with Crippen LogP contribution in [0.1, 0.15) is 11.1 Å². The van der Waals surface area contributed by atoms with Crippen LogP contribution >= 0.6 is 11.3 Å². The highest BCUT2D eigenvalue weighted by atomic mass is 32.2. The molecule has 0 unspecified atom stereocenters. The number of alkyl halides is 3. The molecule has 0 amide bonds. The van der Waals surface area contributed by atoms with Crippen molar-refractivity contribution in [1.29, 1.82) is 0 Å². The zero-order valence-corrected chi connectivity index (χ0v) is 18.1. The van der Waals surface area contributed by atoms with Crippen molar-refractivity contribution in [3.8, 4) is 11.1 Å². The van der Waals surface area contributed by atoms with Crippen molar-refractivity contribution in [2.24, 2.45) is 0 Å². The molecule has 0 aliphatic rings. The van der Waals surface area contributed by atoms with Crippen LogP contribution < -0.4 is 4.72 Å². The molecule has 0 spiro atoms. The summed E-state index contributed by atoms with van der Waals surface area (Å²) in [6.45, 7) is 1.42. The third-order valence-corrected chi connectivity index (χ3v) is 8.02. The van der Waals surface area contributed by atoms with E-state index in [9.17, 15) is 34.8 Å². The Morgan fingerprint density at radius 2 is 1.58 bits per heavy atom. The third-order valence-electron chi connectivity index (χ3n) is 4.76. The number of aromatic nitrogens is 1. The van der Waals surface area contributed by atoms with Gasteiger partial charge in [0.1, 0.15) is 10.0 Å². The molecule has 4 aromatic rings. The maximum absolute atomic E-state index is 13.7. The molecule has 172 valence electrons. The maximum Gasteiger partial charge on any atom is 0.418 e. The lowest BCUT2D eigenvalue weighted by Crippen LogP contribution is -2.17. The number of nitrogens with one attached hydrogen (secondary N) is 1. The molecule has 33 heavy (non-hydrogen) atoms. The number of sulfonamides is 1. The van der Waals surface area contributed by atoms with E-state index in [2.05, 4.69) is 4.98 Å². The van der Waals surface area contributed by atoms with Gasteiger partial charge in [-0.2, -0.15) is 26.9 Å². The summed E-state index contributed by atoms with van der Waals surface area (Å²) in [6.07, 6.45) is -4.99. The number of halogens is 6. The van der Waals surface area contributed by atoms with Gasteiger partial charge in [0.2, 0.25) is 11.9 Å². The van der Waals surface area contributed by atoms with E-state index in [0.717, 1.165) is 47.7 Å². The molecule has 0 aliphatic carbocycles. The second-order valence-electron chi connectivity index (χ2n) is 7.02. The Kier molecular flexibility index (Phi) is 5.61. The van der Waals surface area contributed by atoms with Crippen LogP contribution in [0.3, 0.4) is 0 Å². The van der Waals surface area contributed by atoms with E-state index < -0.39 is 45.2 Å². The first-order valence-corrected chi connectivity index (χ1v) is 11.4. The summed E-state index contributed by atoms with van der Waals surface area (Å²) < 4.78 is 110. The van der Waals surface area contributed by atoms with E-state index in [-0.39, 0.29) is 20.9 Å². The molecule has 4 nitrogen and oxygen atoms in total. The van der Waals surface area contributed by atoms with Crippen LogP contribution in [0.15, 0.2) is 52.7 Å². The summed E-state index contributed by atoms with van der Waals surface area (Å²) in [5.74, 6) is -3.03. The molecule has 2 aromatic carbocycles. The summed E-state index contributed by atoms with van der Waals surface area (Å²) in [6, 6.07) is 7.70. The molecule has 0 bridgehead atoms. The van der Waals surface area contributed by atoms with Crippen LogP contribution in [0, 0.1) is 24.6 Å². The number of aryl methyl sites for hydroxylation is 1. The highest BCUT2D eigenvalue weighted by molar-refractivity contribution is 7.94. The zero-order chi connectivity index (χ0) is 24.1. The third kappa shape index (κ3) is 4.53. The van der Waals surface area contributed by atoms with Gasteiger partial charge in [-0.1, -0.05) is 6.07 Å². The van der Waals surface area contributed by atoms with Gasteiger partial charge in [-0.25, -0.2) is 12.8 Å². The Morgan fingerprint density at radius 3 is 2.21 bits per heavy atom. The van der Waals surface area contributed by atoms with Gasteiger partial charge in [0.05, 0.1) is 11.3 Å². The van der Waals surface area contributed by atoms with E-state index in [1.807, 2.05) is 4.72 Å². The SMILES string of the molecule is Cc1c(S(=O)(=O)Nc2ccc(-c3cc(F)nc(F)c3)cc2C(F)(F)F)sc2ccc(F)cc12. The molecule has 0 saturated carbocycles. The maximum atomic E-state index is 13.7. The smallest absolute Gasteiger partial charge is 0.278 e. The highest BCUT2D eigenvalue weighted by Gasteiger charge is 2.35. The molecule has 4 rings (SSSR count). The topological polar surface area (TPSA) is 59.1 Å². The number of thiophene rings is 1. The summed E-state index contributed by atoms with van der Waals surface area (Å²) in [5.41, 5.74) is -2.34. The first kappa shape index (κ1) is 23.1. The lowest BCUT2D eigenvalue weighted by molar-refractivity contribution is -0.136. The Balaban J connectivity index is 1.80. The van der Waals surface area contributed by atoms with Gasteiger partial charge in [0, 0.05) is 16.8 Å². The second-order valence-corrected chi connectivity index (χ2v) is 9.95. The fraction of sp³-hybridized carbons (Fsp3) is 0.0952. The van der Waals surface area contributed by atoms with E-state index >= 15 is 0 Å². The Bertz CT molecular complexity index is 1480. The number of pyridine rings is 1. The quantitative estimate of drug-likeness (QED) is 0.256. The number of anilines is 1. The van der Waals surface area contributed by atoms with Gasteiger partial charge < -0.3 is 0 Å². The fourth-order valence-corrected chi connectivity index (χ4v) is 6.12. The van der Waals surface area contributed by atoms with E-state index in [1.54, 1.807) is 0 Å². The normalized spacial score (nSPS) is 12.3. The first-order chi connectivity index (χ1) is 15.3. The Hall–Kier alpha value is -3.12. The van der Waals surface area contributed by atoms with Crippen LogP contribution in [0.25, 0.3) is 21.2 Å². The monoisotopic (exact) mass is 502 g/mol. The minimum absolute atomic E-state index is 0.190. The summed E-state index contributed by atoms with van der Waals surface area (Å²) in [7, 11) is -4.48. The molecular weight excluding hydrogens is 490 g/mol. The molecule has 2 heterocycles. The Labute approximate surface area is 187 Å². The standard InChI is InChI=1S/C21H12F6N2O2S2/c1-10-14-9-13(22)3-5-17(14)32-20(10)33(30,31)29-16-4-2-11(6-15(16)21(25,26)27)12-7-18(23)28-19(24)8-12/h2-9,29H,1H3. The summed E-state index contributed by atoms with van der Waals surface area (Å²) >= 11 is 0.787. The number of hydrogen-bond donors (Lipinski definition) is 1. The fourth-order valence-electron chi connectivity index (χ4n) is 3.30. The summed E-state index contributed by atoms with van der Waals surface area (Å²) in [5, 5.41) is 0.327. The van der Waals surface area contributed by atoms with Crippen molar-refractivity contribution in [2.75, 3.05) is 4.72 Å². The van der Waals surface area contributed by atoms with Crippen molar-refractivity contribution >= 4 is 37.1 Å². The minimum atomic E-state index is -4.99. The number of fused-ring (bicyclic) bond motifs is 1. The predicted molar refractivity (Wildman–Crippen MR) is 112 cm³/mol. The predicted octanol–water partition coefficient (Wildman–Crippen LogP) is 6.51. The largest absolute Gasteiger partial charge is 0.418 e.